The van der Waals surface area contributed by atoms with Gasteiger partial charge in [0.05, 0.1) is 11.8 Å². The van der Waals surface area contributed by atoms with Crippen LogP contribution in [-0.4, -0.2) is 41.2 Å². The average Bonchev–Trinajstić information content (AvgIpc) is 2.53. The number of pyridine rings is 1. The van der Waals surface area contributed by atoms with E-state index in [1.165, 1.54) is 0 Å². The zero-order valence-corrected chi connectivity index (χ0v) is 13.6. The Kier molecular flexibility index (Phi) is 5.73. The lowest BCUT2D eigenvalue weighted by molar-refractivity contribution is -0.0891. The molecule has 1 aliphatic heterocycles. The third-order valence-electron chi connectivity index (χ3n) is 4.74. The van der Waals surface area contributed by atoms with Crippen molar-refractivity contribution in [1.82, 2.24) is 9.88 Å². The summed E-state index contributed by atoms with van der Waals surface area (Å²) in [7, 11) is 0. The number of hydrogen-bond acceptors (Lipinski definition) is 4. The molecule has 2 atom stereocenters. The molecular formula is C17H29N3O. The Balaban J connectivity index is 2.16. The summed E-state index contributed by atoms with van der Waals surface area (Å²) in [5, 5.41) is 0. The number of rotatable bonds is 6. The van der Waals surface area contributed by atoms with Crippen molar-refractivity contribution in [2.45, 2.75) is 51.8 Å². The van der Waals surface area contributed by atoms with Crippen LogP contribution < -0.4 is 5.73 Å². The van der Waals surface area contributed by atoms with Gasteiger partial charge >= 0.3 is 0 Å². The zero-order chi connectivity index (χ0) is 15.3. The maximum atomic E-state index is 6.21. The van der Waals surface area contributed by atoms with Gasteiger partial charge in [-0.3, -0.25) is 9.88 Å². The maximum absolute atomic E-state index is 6.21. The molecule has 4 heteroatoms. The Hall–Kier alpha value is -0.970. The lowest BCUT2D eigenvalue weighted by Gasteiger charge is -2.48. The van der Waals surface area contributed by atoms with Crippen molar-refractivity contribution in [1.29, 1.82) is 0 Å². The fourth-order valence-corrected chi connectivity index (χ4v) is 3.27. The summed E-state index contributed by atoms with van der Waals surface area (Å²) in [6.45, 7) is 10.00. The fourth-order valence-electron chi connectivity index (χ4n) is 3.27. The Morgan fingerprint density at radius 3 is 2.86 bits per heavy atom. The number of nitrogens with two attached hydrogens (primary N) is 1. The van der Waals surface area contributed by atoms with Gasteiger partial charge in [-0.25, -0.2) is 0 Å². The molecule has 1 saturated heterocycles. The smallest absolute Gasteiger partial charge is 0.0616 e. The van der Waals surface area contributed by atoms with Gasteiger partial charge in [0.1, 0.15) is 0 Å². The van der Waals surface area contributed by atoms with Crippen LogP contribution in [0.25, 0.3) is 0 Å². The third-order valence-corrected chi connectivity index (χ3v) is 4.74. The molecule has 2 N–H and O–H groups in total. The van der Waals surface area contributed by atoms with E-state index in [-0.39, 0.29) is 5.54 Å². The Morgan fingerprint density at radius 2 is 2.29 bits per heavy atom. The molecule has 0 spiro atoms. The van der Waals surface area contributed by atoms with E-state index < -0.39 is 0 Å². The van der Waals surface area contributed by atoms with Crippen LogP contribution in [0.2, 0.25) is 0 Å². The second-order valence-corrected chi connectivity index (χ2v) is 6.37. The molecule has 1 fully saturated rings. The maximum Gasteiger partial charge on any atom is 0.0616 e. The largest absolute Gasteiger partial charge is 0.378 e. The lowest BCUT2D eigenvalue weighted by atomic mass is 9.81. The van der Waals surface area contributed by atoms with Crippen LogP contribution in [-0.2, 0) is 11.3 Å². The molecule has 21 heavy (non-hydrogen) atoms. The molecular weight excluding hydrogens is 262 g/mol. The monoisotopic (exact) mass is 291 g/mol. The number of ether oxygens (including phenoxy) is 1. The normalized spacial score (nSPS) is 26.5. The topological polar surface area (TPSA) is 51.4 Å². The van der Waals surface area contributed by atoms with Crippen LogP contribution in [0, 0.1) is 5.92 Å². The molecule has 0 saturated carbocycles. The van der Waals surface area contributed by atoms with E-state index in [2.05, 4.69) is 36.7 Å². The summed E-state index contributed by atoms with van der Waals surface area (Å²) >= 11 is 0. The van der Waals surface area contributed by atoms with Crippen LogP contribution in [0.15, 0.2) is 24.4 Å². The molecule has 118 valence electrons. The summed E-state index contributed by atoms with van der Waals surface area (Å²) in [6, 6.07) is 6.10. The Labute approximate surface area is 128 Å². The highest BCUT2D eigenvalue weighted by Gasteiger charge is 2.41. The molecule has 2 unspecified atom stereocenters. The third kappa shape index (κ3) is 3.82. The van der Waals surface area contributed by atoms with Crippen molar-refractivity contribution < 1.29 is 4.74 Å². The summed E-state index contributed by atoms with van der Waals surface area (Å²) in [5.41, 5.74) is 7.37. The van der Waals surface area contributed by atoms with Crippen LogP contribution >= 0.6 is 0 Å². The first-order valence-corrected chi connectivity index (χ1v) is 8.08. The average molecular weight is 291 g/mol. The van der Waals surface area contributed by atoms with Crippen LogP contribution in [0.3, 0.4) is 0 Å². The van der Waals surface area contributed by atoms with Crippen molar-refractivity contribution in [3.63, 3.8) is 0 Å². The lowest BCUT2D eigenvalue weighted by Crippen LogP contribution is -2.58. The van der Waals surface area contributed by atoms with Gasteiger partial charge in [-0.2, -0.15) is 0 Å². The molecule has 0 radical (unpaired) electrons. The minimum Gasteiger partial charge on any atom is -0.378 e. The highest BCUT2D eigenvalue weighted by atomic mass is 16.5. The fraction of sp³-hybridized carbons (Fsp3) is 0.706. The predicted molar refractivity (Wildman–Crippen MR) is 85.9 cm³/mol. The first-order valence-electron chi connectivity index (χ1n) is 8.08. The van der Waals surface area contributed by atoms with Crippen LogP contribution in [0.5, 0.6) is 0 Å². The van der Waals surface area contributed by atoms with E-state index in [0.717, 1.165) is 38.2 Å². The SMILES string of the molecule is CCN(Cc1ccccn1)C1(CN)CCOC(C(C)C)C1. The number of hydrogen-bond donors (Lipinski definition) is 1. The quantitative estimate of drug-likeness (QED) is 0.874. The zero-order valence-electron chi connectivity index (χ0n) is 13.6. The van der Waals surface area contributed by atoms with Crippen LogP contribution in [0.4, 0.5) is 0 Å². The van der Waals surface area contributed by atoms with E-state index in [1.54, 1.807) is 0 Å². The Bertz CT molecular complexity index is 423. The molecule has 4 nitrogen and oxygen atoms in total. The van der Waals surface area contributed by atoms with Crippen molar-refractivity contribution in [3.8, 4) is 0 Å². The van der Waals surface area contributed by atoms with Gasteiger partial charge in [0.2, 0.25) is 0 Å². The summed E-state index contributed by atoms with van der Waals surface area (Å²) in [6.07, 6.45) is 4.19. The van der Waals surface area contributed by atoms with Gasteiger partial charge < -0.3 is 10.5 Å². The molecule has 0 aliphatic carbocycles. The number of aromatic nitrogens is 1. The molecule has 2 rings (SSSR count). The molecule has 0 bridgehead atoms. The molecule has 1 aromatic rings. The first kappa shape index (κ1) is 16.4. The first-order chi connectivity index (χ1) is 10.1. The van der Waals surface area contributed by atoms with E-state index in [9.17, 15) is 0 Å². The molecule has 1 aromatic heterocycles. The van der Waals surface area contributed by atoms with Gasteiger partial charge in [-0.05, 0) is 37.4 Å². The van der Waals surface area contributed by atoms with E-state index in [4.69, 9.17) is 10.5 Å². The van der Waals surface area contributed by atoms with Crippen LogP contribution in [0.1, 0.15) is 39.3 Å². The highest BCUT2D eigenvalue weighted by Crippen LogP contribution is 2.33. The van der Waals surface area contributed by atoms with Crippen molar-refractivity contribution in [2.24, 2.45) is 11.7 Å². The van der Waals surface area contributed by atoms with Gasteiger partial charge in [-0.15, -0.1) is 0 Å². The molecule has 1 aliphatic rings. The standard InChI is InChI=1S/C17H29N3O/c1-4-20(12-15-7-5-6-9-19-15)17(13-18)8-10-21-16(11-17)14(2)3/h5-7,9,14,16H,4,8,10-13,18H2,1-3H3. The van der Waals surface area contributed by atoms with Crippen molar-refractivity contribution in [2.75, 3.05) is 19.7 Å². The van der Waals surface area contributed by atoms with Crippen molar-refractivity contribution in [3.05, 3.63) is 30.1 Å². The summed E-state index contributed by atoms with van der Waals surface area (Å²) < 4.78 is 5.94. The number of nitrogens with zero attached hydrogens (tertiary/aromatic N) is 2. The van der Waals surface area contributed by atoms with Gasteiger partial charge in [-0.1, -0.05) is 26.8 Å². The summed E-state index contributed by atoms with van der Waals surface area (Å²) in [4.78, 5) is 6.96. The second-order valence-electron chi connectivity index (χ2n) is 6.37. The number of likely N-dealkylation sites (N-methyl/N-ethyl adjacent to an activating group) is 1. The Morgan fingerprint density at radius 1 is 1.48 bits per heavy atom. The van der Waals surface area contributed by atoms with Gasteiger partial charge in [0, 0.05) is 31.4 Å². The van der Waals surface area contributed by atoms with Gasteiger partial charge in [0.15, 0.2) is 0 Å². The van der Waals surface area contributed by atoms with Gasteiger partial charge in [0.25, 0.3) is 0 Å². The predicted octanol–water partition coefficient (Wildman–Crippen LogP) is 2.44. The van der Waals surface area contributed by atoms with E-state index in [1.807, 2.05) is 18.3 Å². The van der Waals surface area contributed by atoms with Crippen molar-refractivity contribution >= 4 is 0 Å². The molecule has 0 aromatic carbocycles. The second kappa shape index (κ2) is 7.34. The summed E-state index contributed by atoms with van der Waals surface area (Å²) in [5.74, 6) is 0.532. The minimum absolute atomic E-state index is 0.0411. The van der Waals surface area contributed by atoms with E-state index in [0.29, 0.717) is 18.6 Å². The molecule has 0 amide bonds. The minimum atomic E-state index is 0.0411. The molecule has 2 heterocycles. The highest BCUT2D eigenvalue weighted by molar-refractivity contribution is 5.06. The van der Waals surface area contributed by atoms with E-state index >= 15 is 0 Å².